The van der Waals surface area contributed by atoms with Crippen molar-refractivity contribution in [2.24, 2.45) is 16.9 Å². The number of carbonyl (C=O) groups is 1. The third-order valence-electron chi connectivity index (χ3n) is 2.38. The van der Waals surface area contributed by atoms with E-state index in [0.29, 0.717) is 0 Å². The summed E-state index contributed by atoms with van der Waals surface area (Å²) in [7, 11) is 0. The molecule has 0 aliphatic rings. The highest BCUT2D eigenvalue weighted by molar-refractivity contribution is 5.85. The van der Waals surface area contributed by atoms with Crippen LogP contribution in [-0.4, -0.2) is 31.5 Å². The first-order valence-electron chi connectivity index (χ1n) is 3.64. The smallest absolute Gasteiger partial charge is 0.238 e. The Bertz CT molecular complexity index is 184. The summed E-state index contributed by atoms with van der Waals surface area (Å²) in [5, 5.41) is 0. The first-order valence-corrected chi connectivity index (χ1v) is 3.64. The van der Waals surface area contributed by atoms with Crippen LogP contribution in [0.5, 0.6) is 0 Å². The van der Waals surface area contributed by atoms with E-state index in [1.54, 1.807) is 0 Å². The Hall–Kier alpha value is -0.780. The van der Waals surface area contributed by atoms with E-state index in [0.717, 1.165) is 6.92 Å². The minimum absolute atomic E-state index is 1.02. The van der Waals surface area contributed by atoms with E-state index in [-0.39, 0.29) is 0 Å². The van der Waals surface area contributed by atoms with E-state index in [1.807, 2.05) is 0 Å². The van der Waals surface area contributed by atoms with E-state index in [4.69, 9.17) is 11.5 Å². The highest BCUT2D eigenvalue weighted by atomic mass is 19.1. The monoisotopic (exact) mass is 198 g/mol. The third kappa shape index (κ3) is 1.77. The Morgan fingerprint density at radius 3 is 1.62 bits per heavy atom. The van der Waals surface area contributed by atoms with Crippen LogP contribution in [-0.2, 0) is 4.79 Å². The molecule has 0 aliphatic carbocycles. The molecule has 0 radical (unpaired) electrons. The fourth-order valence-corrected chi connectivity index (χ4v) is 0.785. The van der Waals surface area contributed by atoms with Crippen molar-refractivity contribution in [3.05, 3.63) is 0 Å². The molecule has 1 atom stereocenters. The van der Waals surface area contributed by atoms with Gasteiger partial charge in [-0.1, -0.05) is 0 Å². The van der Waals surface area contributed by atoms with Crippen LogP contribution in [0.2, 0.25) is 0 Å². The highest BCUT2D eigenvalue weighted by Gasteiger charge is 2.50. The lowest BCUT2D eigenvalue weighted by Gasteiger charge is -2.37. The van der Waals surface area contributed by atoms with Crippen LogP contribution in [0.4, 0.5) is 13.2 Å². The molecule has 3 nitrogen and oxygen atoms in total. The zero-order valence-corrected chi connectivity index (χ0v) is 7.32. The molecule has 0 bridgehead atoms. The number of hydrogen-bond acceptors (Lipinski definition) is 2. The molecular formula is C7H13F3N2O. The maximum atomic E-state index is 12.4. The Labute approximate surface area is 74.3 Å². The van der Waals surface area contributed by atoms with Gasteiger partial charge >= 0.3 is 0 Å². The Kier molecular flexibility index (Phi) is 3.71. The van der Waals surface area contributed by atoms with E-state index in [1.165, 1.54) is 0 Å². The van der Waals surface area contributed by atoms with Crippen molar-refractivity contribution < 1.29 is 18.0 Å². The van der Waals surface area contributed by atoms with Gasteiger partial charge in [-0.2, -0.15) is 0 Å². The van der Waals surface area contributed by atoms with Gasteiger partial charge in [-0.15, -0.1) is 0 Å². The molecule has 0 saturated heterocycles. The van der Waals surface area contributed by atoms with Crippen molar-refractivity contribution in [3.63, 3.8) is 0 Å². The molecule has 0 spiro atoms. The van der Waals surface area contributed by atoms with E-state index in [9.17, 15) is 18.0 Å². The topological polar surface area (TPSA) is 69.1 Å². The molecule has 0 rings (SSSR count). The number of rotatable bonds is 5. The second-order valence-corrected chi connectivity index (χ2v) is 3.25. The average molecular weight is 198 g/mol. The summed E-state index contributed by atoms with van der Waals surface area (Å²) in [5.41, 5.74) is 5.92. The molecule has 0 aromatic rings. The lowest BCUT2D eigenvalue weighted by atomic mass is 9.73. The fourth-order valence-electron chi connectivity index (χ4n) is 0.785. The number of amides is 1. The molecule has 6 heteroatoms. The van der Waals surface area contributed by atoms with Crippen LogP contribution in [0.3, 0.4) is 0 Å². The Balaban J connectivity index is 5.02. The molecule has 4 N–H and O–H groups in total. The third-order valence-corrected chi connectivity index (χ3v) is 2.38. The molecule has 78 valence electrons. The molecule has 1 unspecified atom stereocenters. The van der Waals surface area contributed by atoms with Crippen LogP contribution in [0.25, 0.3) is 0 Å². The van der Waals surface area contributed by atoms with Gasteiger partial charge in [0.1, 0.15) is 25.6 Å². The van der Waals surface area contributed by atoms with Crippen molar-refractivity contribution in [3.8, 4) is 0 Å². The molecule has 0 fully saturated rings. The maximum Gasteiger partial charge on any atom is 0.238 e. The number of alkyl halides is 3. The second-order valence-electron chi connectivity index (χ2n) is 3.25. The standard InChI is InChI=1S/C7H13F3N2O/c1-6(12,5(11)13)7(2-8,3-9)4-10/h2-4,12H2,1H3,(H2,11,13). The van der Waals surface area contributed by atoms with Gasteiger partial charge in [0.05, 0.1) is 5.41 Å². The number of nitrogens with two attached hydrogens (primary N) is 2. The molecule has 1 amide bonds. The Morgan fingerprint density at radius 1 is 1.23 bits per heavy atom. The molecule has 0 saturated carbocycles. The number of hydrogen-bond donors (Lipinski definition) is 2. The first-order chi connectivity index (χ1) is 5.88. The van der Waals surface area contributed by atoms with Crippen LogP contribution >= 0.6 is 0 Å². The number of primary amides is 1. The van der Waals surface area contributed by atoms with Gasteiger partial charge in [-0.25, -0.2) is 0 Å². The molecule has 0 aromatic heterocycles. The summed E-state index contributed by atoms with van der Waals surface area (Å²) < 4.78 is 37.2. The lowest BCUT2D eigenvalue weighted by molar-refractivity contribution is -0.129. The van der Waals surface area contributed by atoms with E-state index < -0.39 is 36.9 Å². The fraction of sp³-hybridized carbons (Fsp3) is 0.857. The van der Waals surface area contributed by atoms with Gasteiger partial charge in [0, 0.05) is 0 Å². The van der Waals surface area contributed by atoms with Crippen molar-refractivity contribution in [1.29, 1.82) is 0 Å². The van der Waals surface area contributed by atoms with Crippen molar-refractivity contribution in [1.82, 2.24) is 0 Å². The largest absolute Gasteiger partial charge is 0.368 e. The van der Waals surface area contributed by atoms with Gasteiger partial charge in [-0.3, -0.25) is 18.0 Å². The summed E-state index contributed by atoms with van der Waals surface area (Å²) in [4.78, 5) is 10.7. The lowest BCUT2D eigenvalue weighted by Crippen LogP contribution is -2.64. The van der Waals surface area contributed by atoms with Gasteiger partial charge < -0.3 is 11.5 Å². The van der Waals surface area contributed by atoms with Crippen molar-refractivity contribution in [2.45, 2.75) is 12.5 Å². The summed E-state index contributed by atoms with van der Waals surface area (Å²) in [6.07, 6.45) is 0. The van der Waals surface area contributed by atoms with Crippen molar-refractivity contribution in [2.75, 3.05) is 20.0 Å². The van der Waals surface area contributed by atoms with E-state index >= 15 is 0 Å². The van der Waals surface area contributed by atoms with Crippen molar-refractivity contribution >= 4 is 5.91 Å². The number of halogens is 3. The van der Waals surface area contributed by atoms with Gasteiger partial charge in [0.15, 0.2) is 0 Å². The minimum atomic E-state index is -2.15. The SMILES string of the molecule is CC(N)(C(N)=O)C(CF)(CF)CF. The summed E-state index contributed by atoms with van der Waals surface area (Å²) in [6.45, 7) is -3.07. The highest BCUT2D eigenvalue weighted by Crippen LogP contribution is 2.31. The minimum Gasteiger partial charge on any atom is -0.368 e. The molecule has 0 aromatic carbocycles. The summed E-state index contributed by atoms with van der Waals surface area (Å²) >= 11 is 0. The molecule has 0 heterocycles. The quantitative estimate of drug-likeness (QED) is 0.657. The molecule has 0 aliphatic heterocycles. The van der Waals surface area contributed by atoms with Gasteiger partial charge in [-0.05, 0) is 6.92 Å². The Morgan fingerprint density at radius 2 is 1.54 bits per heavy atom. The predicted molar refractivity (Wildman–Crippen MR) is 42.1 cm³/mol. The van der Waals surface area contributed by atoms with Crippen LogP contribution < -0.4 is 11.5 Å². The van der Waals surface area contributed by atoms with Gasteiger partial charge in [0.2, 0.25) is 5.91 Å². The zero-order valence-electron chi connectivity index (χ0n) is 7.32. The molecular weight excluding hydrogens is 185 g/mol. The number of carbonyl (C=O) groups excluding carboxylic acids is 1. The maximum absolute atomic E-state index is 12.4. The normalized spacial score (nSPS) is 16.7. The summed E-state index contributed by atoms with van der Waals surface area (Å²) in [5.74, 6) is -1.12. The average Bonchev–Trinajstić information content (AvgIpc) is 2.08. The van der Waals surface area contributed by atoms with Crippen LogP contribution in [0, 0.1) is 5.41 Å². The predicted octanol–water partition coefficient (Wildman–Crippen LogP) is 0.0840. The second kappa shape index (κ2) is 3.95. The van der Waals surface area contributed by atoms with Gasteiger partial charge in [0.25, 0.3) is 0 Å². The first kappa shape index (κ1) is 12.2. The molecule has 13 heavy (non-hydrogen) atoms. The summed E-state index contributed by atoms with van der Waals surface area (Å²) in [6, 6.07) is 0. The van der Waals surface area contributed by atoms with Crippen LogP contribution in [0.15, 0.2) is 0 Å². The van der Waals surface area contributed by atoms with Crippen LogP contribution in [0.1, 0.15) is 6.92 Å². The van der Waals surface area contributed by atoms with E-state index in [2.05, 4.69) is 0 Å². The zero-order chi connectivity index (χ0) is 10.7.